The van der Waals surface area contributed by atoms with Gasteiger partial charge < -0.3 is 4.90 Å². The van der Waals surface area contributed by atoms with Crippen LogP contribution in [0.15, 0.2) is 176 Å². The van der Waals surface area contributed by atoms with Crippen molar-refractivity contribution in [3.63, 3.8) is 0 Å². The molecule has 10 rings (SSSR count). The number of benzene rings is 8. The Kier molecular flexibility index (Phi) is 6.78. The molecule has 1 aliphatic carbocycles. The van der Waals surface area contributed by atoms with Gasteiger partial charge in [-0.2, -0.15) is 0 Å². The fourth-order valence-corrected chi connectivity index (χ4v) is 9.42. The van der Waals surface area contributed by atoms with E-state index in [1.807, 2.05) is 11.3 Å². The maximum atomic E-state index is 2.46. The van der Waals surface area contributed by atoms with E-state index in [-0.39, 0.29) is 5.41 Å². The van der Waals surface area contributed by atoms with Crippen LogP contribution in [0.3, 0.4) is 0 Å². The minimum atomic E-state index is -0.0516. The van der Waals surface area contributed by atoms with Gasteiger partial charge in [0, 0.05) is 42.5 Å². The van der Waals surface area contributed by atoms with Gasteiger partial charge in [-0.25, -0.2) is 0 Å². The highest BCUT2D eigenvalue weighted by atomic mass is 32.1. The third-order valence-corrected chi connectivity index (χ3v) is 12.0. The van der Waals surface area contributed by atoms with Crippen molar-refractivity contribution in [2.75, 3.05) is 4.90 Å². The lowest BCUT2D eigenvalue weighted by Crippen LogP contribution is -2.15. The molecule has 0 fully saturated rings. The van der Waals surface area contributed by atoms with Crippen LogP contribution in [0.1, 0.15) is 25.0 Å². The number of nitrogens with zero attached hydrogens (tertiary/aromatic N) is 1. The van der Waals surface area contributed by atoms with E-state index in [0.29, 0.717) is 0 Å². The maximum absolute atomic E-state index is 2.46. The molecular weight excluding hydrogens is 635 g/mol. The molecule has 2 heteroatoms. The molecule has 1 nitrogen and oxygen atoms in total. The van der Waals surface area contributed by atoms with E-state index < -0.39 is 0 Å². The lowest BCUT2D eigenvalue weighted by atomic mass is 9.82. The van der Waals surface area contributed by atoms with Gasteiger partial charge in [0.05, 0.1) is 5.69 Å². The number of anilines is 3. The third kappa shape index (κ3) is 4.75. The summed E-state index contributed by atoms with van der Waals surface area (Å²) in [7, 11) is 0. The summed E-state index contributed by atoms with van der Waals surface area (Å²) in [5.41, 5.74) is 13.7. The van der Waals surface area contributed by atoms with Gasteiger partial charge in [0.25, 0.3) is 0 Å². The molecule has 0 N–H and O–H groups in total. The van der Waals surface area contributed by atoms with Crippen molar-refractivity contribution in [2.45, 2.75) is 19.3 Å². The number of fused-ring (bicyclic) bond motifs is 7. The number of rotatable bonds is 5. The van der Waals surface area contributed by atoms with Crippen LogP contribution in [0.4, 0.5) is 17.1 Å². The van der Waals surface area contributed by atoms with Gasteiger partial charge in [-0.15, -0.1) is 11.3 Å². The average Bonchev–Trinajstić information content (AvgIpc) is 3.67. The summed E-state index contributed by atoms with van der Waals surface area (Å²) in [6.45, 7) is 4.70. The maximum Gasteiger partial charge on any atom is 0.0546 e. The van der Waals surface area contributed by atoms with Crippen molar-refractivity contribution < 1.29 is 0 Å². The molecule has 242 valence electrons. The summed E-state index contributed by atoms with van der Waals surface area (Å²) >= 11 is 1.86. The fraction of sp³-hybridized carbons (Fsp3) is 0.0612. The Morgan fingerprint density at radius 3 is 1.96 bits per heavy atom. The first kappa shape index (κ1) is 29.9. The van der Waals surface area contributed by atoms with Gasteiger partial charge in [-0.05, 0) is 98.2 Å². The Balaban J connectivity index is 1.17. The van der Waals surface area contributed by atoms with Crippen molar-refractivity contribution in [3.8, 4) is 33.4 Å². The summed E-state index contributed by atoms with van der Waals surface area (Å²) in [5.74, 6) is 0. The topological polar surface area (TPSA) is 3.24 Å². The van der Waals surface area contributed by atoms with E-state index in [9.17, 15) is 0 Å². The number of hydrogen-bond donors (Lipinski definition) is 0. The smallest absolute Gasteiger partial charge is 0.0546 e. The summed E-state index contributed by atoms with van der Waals surface area (Å²) in [6, 6.07) is 65.0. The molecule has 0 aliphatic heterocycles. The third-order valence-electron chi connectivity index (χ3n) is 10.9. The minimum Gasteiger partial charge on any atom is -0.310 e. The Morgan fingerprint density at radius 1 is 0.431 bits per heavy atom. The van der Waals surface area contributed by atoms with Crippen LogP contribution in [0, 0.1) is 0 Å². The van der Waals surface area contributed by atoms with Gasteiger partial charge >= 0.3 is 0 Å². The standard InChI is InChI=1S/C49H35NS/c1-49(2)43-18-10-8-16-39(43)41-31-37(26-27-44(41)49)50(45-28-22-33-12-6-7-15-38(33)48(45)34-13-4-3-5-14-34)36-24-20-32(21-25-36)35-23-29-47-42(30-35)40-17-9-11-19-46(40)51-47/h3-31H,1-2H3. The average molecular weight is 670 g/mol. The van der Waals surface area contributed by atoms with Crippen molar-refractivity contribution in [1.82, 2.24) is 0 Å². The first-order chi connectivity index (χ1) is 25.0. The Morgan fingerprint density at radius 2 is 1.10 bits per heavy atom. The summed E-state index contributed by atoms with van der Waals surface area (Å²) in [6.07, 6.45) is 0. The van der Waals surface area contributed by atoms with E-state index in [0.717, 1.165) is 17.1 Å². The molecule has 1 heterocycles. The quantitative estimate of drug-likeness (QED) is 0.176. The lowest BCUT2D eigenvalue weighted by Gasteiger charge is -2.30. The predicted molar refractivity (Wildman–Crippen MR) is 220 cm³/mol. The molecule has 0 radical (unpaired) electrons. The summed E-state index contributed by atoms with van der Waals surface area (Å²) in [4.78, 5) is 2.46. The summed E-state index contributed by atoms with van der Waals surface area (Å²) in [5, 5.41) is 5.13. The van der Waals surface area contributed by atoms with E-state index in [4.69, 9.17) is 0 Å². The molecule has 0 saturated carbocycles. The predicted octanol–water partition coefficient (Wildman–Crippen LogP) is 14.3. The van der Waals surface area contributed by atoms with E-state index >= 15 is 0 Å². The zero-order valence-corrected chi connectivity index (χ0v) is 29.4. The molecule has 9 aromatic rings. The Bertz CT molecular complexity index is 2770. The SMILES string of the molecule is CC1(C)c2ccccc2-c2cc(N(c3ccc(-c4ccc5sc6ccccc6c5c4)cc3)c3ccc4ccccc4c3-c3ccccc3)ccc21. The highest BCUT2D eigenvalue weighted by molar-refractivity contribution is 7.25. The molecule has 0 saturated heterocycles. The van der Waals surface area contributed by atoms with Gasteiger partial charge in [-0.3, -0.25) is 0 Å². The number of hydrogen-bond acceptors (Lipinski definition) is 2. The molecule has 51 heavy (non-hydrogen) atoms. The molecule has 0 bridgehead atoms. The molecule has 0 unspecified atom stereocenters. The van der Waals surface area contributed by atoms with Crippen LogP contribution in [-0.2, 0) is 5.41 Å². The Labute approximate surface area is 302 Å². The molecule has 1 aromatic heterocycles. The Hall–Kier alpha value is -5.96. The van der Waals surface area contributed by atoms with Crippen LogP contribution in [-0.4, -0.2) is 0 Å². The molecule has 0 spiro atoms. The van der Waals surface area contributed by atoms with Crippen LogP contribution < -0.4 is 4.90 Å². The van der Waals surface area contributed by atoms with Crippen molar-refractivity contribution >= 4 is 59.3 Å². The van der Waals surface area contributed by atoms with Crippen LogP contribution in [0.2, 0.25) is 0 Å². The molecule has 8 aromatic carbocycles. The normalized spacial score (nSPS) is 13.1. The van der Waals surface area contributed by atoms with Crippen LogP contribution in [0.25, 0.3) is 64.3 Å². The zero-order valence-electron chi connectivity index (χ0n) is 28.6. The first-order valence-electron chi connectivity index (χ1n) is 17.7. The zero-order chi connectivity index (χ0) is 34.1. The van der Waals surface area contributed by atoms with Gasteiger partial charge in [0.1, 0.15) is 0 Å². The fourth-order valence-electron chi connectivity index (χ4n) is 8.34. The largest absolute Gasteiger partial charge is 0.310 e. The molecule has 1 aliphatic rings. The van der Waals surface area contributed by atoms with Crippen molar-refractivity contribution in [2.24, 2.45) is 0 Å². The van der Waals surface area contributed by atoms with Gasteiger partial charge in [0.15, 0.2) is 0 Å². The second-order valence-electron chi connectivity index (χ2n) is 14.1. The molecular formula is C49H35NS. The first-order valence-corrected chi connectivity index (χ1v) is 18.5. The highest BCUT2D eigenvalue weighted by Crippen LogP contribution is 2.52. The monoisotopic (exact) mass is 669 g/mol. The van der Waals surface area contributed by atoms with Crippen molar-refractivity contribution in [3.05, 3.63) is 187 Å². The minimum absolute atomic E-state index is 0.0516. The second-order valence-corrected chi connectivity index (χ2v) is 15.2. The molecule has 0 atom stereocenters. The molecule has 0 amide bonds. The van der Waals surface area contributed by atoms with Crippen LogP contribution >= 0.6 is 11.3 Å². The van der Waals surface area contributed by atoms with E-state index in [2.05, 4.69) is 195 Å². The van der Waals surface area contributed by atoms with Gasteiger partial charge in [-0.1, -0.05) is 141 Å². The second kappa shape index (κ2) is 11.6. The summed E-state index contributed by atoms with van der Waals surface area (Å²) < 4.78 is 2.66. The highest BCUT2D eigenvalue weighted by Gasteiger charge is 2.35. The van der Waals surface area contributed by atoms with Crippen LogP contribution in [0.5, 0.6) is 0 Å². The van der Waals surface area contributed by atoms with Crippen molar-refractivity contribution in [1.29, 1.82) is 0 Å². The lowest BCUT2D eigenvalue weighted by molar-refractivity contribution is 0.660. The number of thiophene rings is 1. The van der Waals surface area contributed by atoms with Gasteiger partial charge in [0.2, 0.25) is 0 Å². The van der Waals surface area contributed by atoms with E-state index in [1.54, 1.807) is 0 Å². The van der Waals surface area contributed by atoms with E-state index in [1.165, 1.54) is 75.5 Å².